The molecule has 4 nitrogen and oxygen atoms in total. The monoisotopic (exact) mass is 661 g/mol. The fraction of sp³-hybridized carbons (Fsp3) is 0.860. The molecule has 276 valence electrons. The average Bonchev–Trinajstić information content (AvgIpc) is 3.05. The van der Waals surface area contributed by atoms with Gasteiger partial charge in [-0.15, -0.1) is 0 Å². The fourth-order valence-corrected chi connectivity index (χ4v) is 6.29. The summed E-state index contributed by atoms with van der Waals surface area (Å²) in [5.74, 6) is -0.714. The van der Waals surface area contributed by atoms with Crippen molar-refractivity contribution < 1.29 is 19.4 Å². The molecule has 1 atom stereocenters. The number of aliphatic carboxylic acids is 1. The van der Waals surface area contributed by atoms with Crippen LogP contribution in [0.15, 0.2) is 24.3 Å². The number of allylic oxidation sites excluding steroid dienone is 4. The normalized spacial score (nSPS) is 12.4. The van der Waals surface area contributed by atoms with Gasteiger partial charge in [-0.2, -0.15) is 0 Å². The van der Waals surface area contributed by atoms with Crippen LogP contribution in [0.1, 0.15) is 232 Å². The van der Waals surface area contributed by atoms with E-state index in [2.05, 4.69) is 38.2 Å². The van der Waals surface area contributed by atoms with E-state index in [-0.39, 0.29) is 18.5 Å². The lowest BCUT2D eigenvalue weighted by Crippen LogP contribution is -2.18. The number of ether oxygens (including phenoxy) is 1. The lowest BCUT2D eigenvalue weighted by molar-refractivity contribution is -0.150. The van der Waals surface area contributed by atoms with Gasteiger partial charge in [0.25, 0.3) is 0 Å². The number of hydrogen-bond donors (Lipinski definition) is 1. The van der Waals surface area contributed by atoms with Crippen molar-refractivity contribution in [3.8, 4) is 0 Å². The van der Waals surface area contributed by atoms with E-state index in [1.165, 1.54) is 135 Å². The maximum Gasteiger partial charge on any atom is 0.306 e. The first-order valence-corrected chi connectivity index (χ1v) is 20.8. The van der Waals surface area contributed by atoms with E-state index < -0.39 is 5.97 Å². The number of carboxylic acid groups (broad SMARTS) is 1. The molecule has 0 rings (SSSR count). The predicted octanol–water partition coefficient (Wildman–Crippen LogP) is 14.4. The first kappa shape index (κ1) is 45.4. The third-order valence-corrected chi connectivity index (χ3v) is 9.40. The van der Waals surface area contributed by atoms with Gasteiger partial charge in [-0.05, 0) is 89.9 Å². The Bertz CT molecular complexity index is 713. The van der Waals surface area contributed by atoms with E-state index in [1.807, 2.05) is 0 Å². The Morgan fingerprint density at radius 2 is 0.766 bits per heavy atom. The van der Waals surface area contributed by atoms with Crippen LogP contribution in [0.25, 0.3) is 0 Å². The molecular formula is C43H80O4. The zero-order valence-electron chi connectivity index (χ0n) is 31.6. The van der Waals surface area contributed by atoms with Crippen LogP contribution in [0.5, 0.6) is 0 Å². The summed E-state index contributed by atoms with van der Waals surface area (Å²) < 4.78 is 6.00. The number of esters is 1. The van der Waals surface area contributed by atoms with Gasteiger partial charge in [0.1, 0.15) is 6.10 Å². The molecule has 0 aromatic heterocycles. The highest BCUT2D eigenvalue weighted by atomic mass is 16.5. The summed E-state index contributed by atoms with van der Waals surface area (Å²) in [4.78, 5) is 23.4. The molecule has 1 unspecified atom stereocenters. The van der Waals surface area contributed by atoms with Crippen LogP contribution >= 0.6 is 0 Å². The van der Waals surface area contributed by atoms with E-state index in [4.69, 9.17) is 9.84 Å². The van der Waals surface area contributed by atoms with Crippen LogP contribution in [0.3, 0.4) is 0 Å². The molecule has 0 saturated heterocycles. The number of carboxylic acids is 1. The maximum absolute atomic E-state index is 12.7. The summed E-state index contributed by atoms with van der Waals surface area (Å²) in [5, 5.41) is 8.83. The van der Waals surface area contributed by atoms with Crippen LogP contribution in [-0.2, 0) is 14.3 Å². The third-order valence-electron chi connectivity index (χ3n) is 9.40. The lowest BCUT2D eigenvalue weighted by atomic mass is 10.0. The second kappa shape index (κ2) is 38.9. The summed E-state index contributed by atoms with van der Waals surface area (Å²) in [6.07, 6.45) is 49.1. The van der Waals surface area contributed by atoms with Gasteiger partial charge < -0.3 is 9.84 Å². The minimum atomic E-state index is -0.702. The van der Waals surface area contributed by atoms with Crippen molar-refractivity contribution in [3.63, 3.8) is 0 Å². The molecule has 0 amide bonds. The molecule has 0 fully saturated rings. The Morgan fingerprint density at radius 3 is 1.17 bits per heavy atom. The van der Waals surface area contributed by atoms with E-state index in [1.54, 1.807) is 0 Å². The molecule has 1 N–H and O–H groups in total. The van der Waals surface area contributed by atoms with Gasteiger partial charge in [0.05, 0.1) is 0 Å². The number of unbranched alkanes of at least 4 members (excludes halogenated alkanes) is 25. The topological polar surface area (TPSA) is 63.6 Å². The van der Waals surface area contributed by atoms with Gasteiger partial charge >= 0.3 is 11.9 Å². The van der Waals surface area contributed by atoms with E-state index in [0.29, 0.717) is 6.42 Å². The van der Waals surface area contributed by atoms with Crippen LogP contribution in [-0.4, -0.2) is 23.1 Å². The molecule has 0 saturated carbocycles. The molecule has 47 heavy (non-hydrogen) atoms. The van der Waals surface area contributed by atoms with E-state index >= 15 is 0 Å². The van der Waals surface area contributed by atoms with Crippen LogP contribution < -0.4 is 0 Å². The minimum absolute atomic E-state index is 0.0118. The first-order valence-electron chi connectivity index (χ1n) is 20.8. The Labute approximate surface area is 293 Å². The highest BCUT2D eigenvalue weighted by Crippen LogP contribution is 2.18. The standard InChI is InChI=1S/C43H80O4/c1-3-5-7-9-11-13-15-17-19-20-22-24-26-29-33-37-41(38-34-30-28-31-35-39-42(44)45)47-43(46)40-36-32-27-25-23-21-18-16-14-12-10-8-6-4-2/h16,18,20,22,41H,3-15,17,19,21,23-40H2,1-2H3,(H,44,45)/b18-16-,22-20-. The molecule has 0 aliphatic heterocycles. The quantitative estimate of drug-likeness (QED) is 0.0407. The number of carbonyl (C=O) groups excluding carboxylic acids is 1. The first-order chi connectivity index (χ1) is 23.1. The molecule has 4 heteroatoms. The van der Waals surface area contributed by atoms with Gasteiger partial charge in [-0.1, -0.05) is 154 Å². The second-order valence-electron chi connectivity index (χ2n) is 14.2. The molecule has 0 heterocycles. The molecule has 0 aromatic carbocycles. The average molecular weight is 661 g/mol. The number of rotatable bonds is 38. The van der Waals surface area contributed by atoms with Crippen molar-refractivity contribution in [2.45, 2.75) is 238 Å². The third kappa shape index (κ3) is 38.7. The molecular weight excluding hydrogens is 580 g/mol. The summed E-state index contributed by atoms with van der Waals surface area (Å²) in [6.45, 7) is 4.55. The Kier molecular flexibility index (Phi) is 37.6. The molecule has 0 aliphatic rings. The zero-order valence-corrected chi connectivity index (χ0v) is 31.6. The number of carbonyl (C=O) groups is 2. The Morgan fingerprint density at radius 1 is 0.447 bits per heavy atom. The summed E-state index contributed by atoms with van der Waals surface area (Å²) in [6, 6.07) is 0. The molecule has 0 radical (unpaired) electrons. The maximum atomic E-state index is 12.7. The molecule has 0 aromatic rings. The number of hydrogen-bond acceptors (Lipinski definition) is 3. The van der Waals surface area contributed by atoms with E-state index in [0.717, 1.165) is 70.6 Å². The summed E-state index contributed by atoms with van der Waals surface area (Å²) >= 11 is 0. The van der Waals surface area contributed by atoms with Crippen LogP contribution in [0.4, 0.5) is 0 Å². The molecule has 0 aliphatic carbocycles. The van der Waals surface area contributed by atoms with Crippen LogP contribution in [0, 0.1) is 0 Å². The van der Waals surface area contributed by atoms with Gasteiger partial charge in [-0.3, -0.25) is 9.59 Å². The smallest absolute Gasteiger partial charge is 0.306 e. The fourth-order valence-electron chi connectivity index (χ4n) is 6.29. The highest BCUT2D eigenvalue weighted by molar-refractivity contribution is 5.69. The van der Waals surface area contributed by atoms with Crippen molar-refractivity contribution in [3.05, 3.63) is 24.3 Å². The van der Waals surface area contributed by atoms with Gasteiger partial charge in [0.15, 0.2) is 0 Å². The van der Waals surface area contributed by atoms with Gasteiger partial charge in [0.2, 0.25) is 0 Å². The van der Waals surface area contributed by atoms with Crippen molar-refractivity contribution in [1.82, 2.24) is 0 Å². The van der Waals surface area contributed by atoms with Gasteiger partial charge in [-0.25, -0.2) is 0 Å². The molecule has 0 bridgehead atoms. The van der Waals surface area contributed by atoms with Crippen molar-refractivity contribution in [2.75, 3.05) is 0 Å². The second-order valence-corrected chi connectivity index (χ2v) is 14.2. The van der Waals surface area contributed by atoms with E-state index in [9.17, 15) is 9.59 Å². The van der Waals surface area contributed by atoms with Crippen molar-refractivity contribution >= 4 is 11.9 Å². The molecule has 0 spiro atoms. The largest absolute Gasteiger partial charge is 0.481 e. The Hall–Kier alpha value is -1.58. The van der Waals surface area contributed by atoms with Crippen molar-refractivity contribution in [1.29, 1.82) is 0 Å². The van der Waals surface area contributed by atoms with Crippen molar-refractivity contribution in [2.24, 2.45) is 0 Å². The van der Waals surface area contributed by atoms with Gasteiger partial charge in [0, 0.05) is 12.8 Å². The SMILES string of the molecule is CCCCCCC/C=C\CCCCCCCC(=O)OC(CCCCC/C=C\CCCCCCCCCC)CCCCCCCC(=O)O. The summed E-state index contributed by atoms with van der Waals surface area (Å²) in [5.41, 5.74) is 0. The van der Waals surface area contributed by atoms with Crippen LogP contribution in [0.2, 0.25) is 0 Å². The summed E-state index contributed by atoms with van der Waals surface area (Å²) in [7, 11) is 0. The highest BCUT2D eigenvalue weighted by Gasteiger charge is 2.14. The Balaban J connectivity index is 4.07. The lowest BCUT2D eigenvalue weighted by Gasteiger charge is -2.18. The minimum Gasteiger partial charge on any atom is -0.481 e. The zero-order chi connectivity index (χ0) is 34.3. The predicted molar refractivity (Wildman–Crippen MR) is 204 cm³/mol.